The fraction of sp³-hybridized carbons (Fsp3) is 0.533. The van der Waals surface area contributed by atoms with Crippen LogP contribution in [0.15, 0.2) is 23.4 Å². The summed E-state index contributed by atoms with van der Waals surface area (Å²) in [5, 5.41) is 5.06. The number of aromatic nitrogens is 2. The first-order chi connectivity index (χ1) is 9.71. The van der Waals surface area contributed by atoms with Crippen LogP contribution in [0.5, 0.6) is 5.75 Å². The molecule has 0 bridgehead atoms. The van der Waals surface area contributed by atoms with Crippen molar-refractivity contribution in [3.05, 3.63) is 18.2 Å². The van der Waals surface area contributed by atoms with Crippen LogP contribution >= 0.6 is 11.8 Å². The molecule has 5 heteroatoms. The molecule has 3 rings (SSSR count). The second kappa shape index (κ2) is 5.66. The van der Waals surface area contributed by atoms with Crippen LogP contribution in [0.1, 0.15) is 19.8 Å². The van der Waals surface area contributed by atoms with E-state index in [1.54, 1.807) is 7.11 Å². The van der Waals surface area contributed by atoms with Crippen molar-refractivity contribution < 1.29 is 4.74 Å². The van der Waals surface area contributed by atoms with E-state index in [4.69, 9.17) is 4.74 Å². The molecule has 1 heterocycles. The summed E-state index contributed by atoms with van der Waals surface area (Å²) in [4.78, 5) is 8.07. The fourth-order valence-electron chi connectivity index (χ4n) is 2.99. The number of benzene rings is 1. The molecule has 0 spiro atoms. The summed E-state index contributed by atoms with van der Waals surface area (Å²) in [6.07, 6.45) is 2.50. The lowest BCUT2D eigenvalue weighted by Gasteiger charge is -2.18. The molecular weight excluding hydrogens is 270 g/mol. The molecule has 2 N–H and O–H groups in total. The van der Waals surface area contributed by atoms with Gasteiger partial charge >= 0.3 is 0 Å². The minimum Gasteiger partial charge on any atom is -0.497 e. The predicted octanol–water partition coefficient (Wildman–Crippen LogP) is 3.05. The van der Waals surface area contributed by atoms with Crippen LogP contribution in [0.2, 0.25) is 0 Å². The molecule has 1 aromatic heterocycles. The van der Waals surface area contributed by atoms with Gasteiger partial charge in [0.25, 0.3) is 0 Å². The summed E-state index contributed by atoms with van der Waals surface area (Å²) in [5.41, 5.74) is 2.05. The van der Waals surface area contributed by atoms with Crippen LogP contribution in [0.3, 0.4) is 0 Å². The van der Waals surface area contributed by atoms with Crippen LogP contribution in [0, 0.1) is 5.92 Å². The smallest absolute Gasteiger partial charge is 0.166 e. The number of methoxy groups -OCH3 is 1. The van der Waals surface area contributed by atoms with Gasteiger partial charge in [0.05, 0.1) is 18.1 Å². The van der Waals surface area contributed by atoms with Gasteiger partial charge in [0, 0.05) is 17.4 Å². The Kier molecular flexibility index (Phi) is 3.89. The van der Waals surface area contributed by atoms with E-state index in [2.05, 4.69) is 29.3 Å². The molecule has 1 aliphatic rings. The number of ether oxygens (including phenoxy) is 1. The summed E-state index contributed by atoms with van der Waals surface area (Å²) in [6, 6.07) is 6.59. The zero-order valence-electron chi connectivity index (χ0n) is 12.1. The number of imidazole rings is 1. The van der Waals surface area contributed by atoms with Crippen molar-refractivity contribution in [2.24, 2.45) is 5.92 Å². The maximum absolute atomic E-state index is 5.25. The average molecular weight is 291 g/mol. The maximum atomic E-state index is 5.25. The summed E-state index contributed by atoms with van der Waals surface area (Å²) >= 11 is 1.87. The molecule has 0 radical (unpaired) electrons. The molecule has 0 saturated heterocycles. The fourth-order valence-corrected chi connectivity index (χ4v) is 4.26. The van der Waals surface area contributed by atoms with Gasteiger partial charge in [-0.25, -0.2) is 4.98 Å². The van der Waals surface area contributed by atoms with Crippen LogP contribution in [-0.2, 0) is 0 Å². The highest BCUT2D eigenvalue weighted by Gasteiger charge is 2.32. The normalized spacial score (nSPS) is 26.2. The minimum atomic E-state index is 0.634. The molecule has 1 aromatic carbocycles. The molecule has 1 fully saturated rings. The first-order valence-electron chi connectivity index (χ1n) is 7.09. The summed E-state index contributed by atoms with van der Waals surface area (Å²) < 4.78 is 5.25. The highest BCUT2D eigenvalue weighted by molar-refractivity contribution is 7.99. The van der Waals surface area contributed by atoms with Crippen molar-refractivity contribution in [1.29, 1.82) is 0 Å². The van der Waals surface area contributed by atoms with Crippen molar-refractivity contribution in [1.82, 2.24) is 15.3 Å². The highest BCUT2D eigenvalue weighted by Crippen LogP contribution is 2.38. The molecule has 0 amide bonds. The summed E-state index contributed by atoms with van der Waals surface area (Å²) in [7, 11) is 3.74. The third-order valence-electron chi connectivity index (χ3n) is 4.28. The number of nitrogens with zero attached hydrogens (tertiary/aromatic N) is 1. The Bertz CT molecular complexity index is 598. The Morgan fingerprint density at radius 3 is 2.95 bits per heavy atom. The van der Waals surface area contributed by atoms with E-state index in [-0.39, 0.29) is 0 Å². The van der Waals surface area contributed by atoms with E-state index in [1.807, 2.05) is 30.0 Å². The lowest BCUT2D eigenvalue weighted by molar-refractivity contribution is 0.415. The molecule has 20 heavy (non-hydrogen) atoms. The molecule has 2 aromatic rings. The van der Waals surface area contributed by atoms with Gasteiger partial charge in [-0.2, -0.15) is 0 Å². The lowest BCUT2D eigenvalue weighted by atomic mass is 10.1. The van der Waals surface area contributed by atoms with E-state index < -0.39 is 0 Å². The number of fused-ring (bicyclic) bond motifs is 1. The van der Waals surface area contributed by atoms with Gasteiger partial charge in [0.2, 0.25) is 0 Å². The Morgan fingerprint density at radius 1 is 1.40 bits per heavy atom. The number of thioether (sulfide) groups is 1. The molecule has 4 nitrogen and oxygen atoms in total. The van der Waals surface area contributed by atoms with Crippen molar-refractivity contribution in [2.75, 3.05) is 14.2 Å². The first kappa shape index (κ1) is 13.8. The van der Waals surface area contributed by atoms with E-state index in [1.165, 1.54) is 12.8 Å². The molecule has 3 unspecified atom stereocenters. The van der Waals surface area contributed by atoms with Crippen molar-refractivity contribution in [2.45, 2.75) is 36.2 Å². The quantitative estimate of drug-likeness (QED) is 0.909. The second-order valence-corrected chi connectivity index (χ2v) is 6.64. The standard InChI is InChI=1S/C15H21N3OS/c1-9-11(16-2)6-7-14(9)20-15-17-12-5-4-10(19-3)8-13(12)18-15/h4-5,8-9,11,14,16H,6-7H2,1-3H3,(H,17,18). The number of H-pyrrole nitrogens is 1. The summed E-state index contributed by atoms with van der Waals surface area (Å²) in [5.74, 6) is 1.54. The Balaban J connectivity index is 1.78. The van der Waals surface area contributed by atoms with Crippen LogP contribution in [-0.4, -0.2) is 35.4 Å². The SMILES string of the molecule is CNC1CCC(Sc2nc3ccc(OC)cc3[nH]2)C1C. The third-order valence-corrected chi connectivity index (χ3v) is 5.67. The maximum Gasteiger partial charge on any atom is 0.166 e. The van der Waals surface area contributed by atoms with Gasteiger partial charge < -0.3 is 15.0 Å². The number of nitrogens with one attached hydrogen (secondary N) is 2. The van der Waals surface area contributed by atoms with Crippen molar-refractivity contribution in [3.8, 4) is 5.75 Å². The van der Waals surface area contributed by atoms with E-state index in [0.717, 1.165) is 21.9 Å². The topological polar surface area (TPSA) is 49.9 Å². The summed E-state index contributed by atoms with van der Waals surface area (Å²) in [6.45, 7) is 2.33. The Labute approximate surface area is 123 Å². The van der Waals surface area contributed by atoms with Crippen LogP contribution in [0.25, 0.3) is 11.0 Å². The molecular formula is C15H21N3OS. The number of hydrogen-bond donors (Lipinski definition) is 2. The van der Waals surface area contributed by atoms with Gasteiger partial charge in [-0.1, -0.05) is 18.7 Å². The molecule has 108 valence electrons. The van der Waals surface area contributed by atoms with Gasteiger partial charge in [0.1, 0.15) is 5.75 Å². The largest absolute Gasteiger partial charge is 0.497 e. The number of rotatable bonds is 4. The number of aromatic amines is 1. The van der Waals surface area contributed by atoms with E-state index in [9.17, 15) is 0 Å². The first-order valence-corrected chi connectivity index (χ1v) is 7.97. The minimum absolute atomic E-state index is 0.634. The Morgan fingerprint density at radius 2 is 2.25 bits per heavy atom. The predicted molar refractivity (Wildman–Crippen MR) is 83.5 cm³/mol. The van der Waals surface area contributed by atoms with Gasteiger partial charge in [0.15, 0.2) is 5.16 Å². The molecule has 1 aliphatic carbocycles. The van der Waals surface area contributed by atoms with Gasteiger partial charge in [-0.3, -0.25) is 0 Å². The lowest BCUT2D eigenvalue weighted by Crippen LogP contribution is -2.30. The van der Waals surface area contributed by atoms with Crippen LogP contribution < -0.4 is 10.1 Å². The zero-order chi connectivity index (χ0) is 14.1. The van der Waals surface area contributed by atoms with E-state index >= 15 is 0 Å². The number of hydrogen-bond acceptors (Lipinski definition) is 4. The van der Waals surface area contributed by atoms with E-state index in [0.29, 0.717) is 17.2 Å². The molecule has 0 aliphatic heterocycles. The molecule has 3 atom stereocenters. The van der Waals surface area contributed by atoms with Gasteiger partial charge in [-0.05, 0) is 37.9 Å². The van der Waals surface area contributed by atoms with Crippen molar-refractivity contribution >= 4 is 22.8 Å². The molecule has 1 saturated carbocycles. The average Bonchev–Trinajstić information content (AvgIpc) is 3.02. The third kappa shape index (κ3) is 2.52. The Hall–Kier alpha value is -1.20. The monoisotopic (exact) mass is 291 g/mol. The second-order valence-electron chi connectivity index (χ2n) is 5.41. The van der Waals surface area contributed by atoms with Gasteiger partial charge in [-0.15, -0.1) is 0 Å². The van der Waals surface area contributed by atoms with Crippen molar-refractivity contribution in [3.63, 3.8) is 0 Å². The zero-order valence-corrected chi connectivity index (χ0v) is 13.0. The highest BCUT2D eigenvalue weighted by atomic mass is 32.2. The van der Waals surface area contributed by atoms with Crippen LogP contribution in [0.4, 0.5) is 0 Å².